The minimum Gasteiger partial charge on any atom is -0.325 e. The van der Waals surface area contributed by atoms with Gasteiger partial charge >= 0.3 is 0 Å². The first-order chi connectivity index (χ1) is 11.1. The molecule has 24 heavy (non-hydrogen) atoms. The zero-order valence-corrected chi connectivity index (χ0v) is 19.1. The summed E-state index contributed by atoms with van der Waals surface area (Å²) < 4.78 is 0. The first-order valence-electron chi connectivity index (χ1n) is 10.9. The number of rotatable bonds is 17. The zero-order chi connectivity index (χ0) is 17.4. The van der Waals surface area contributed by atoms with Crippen LogP contribution in [0.25, 0.3) is 0 Å². The van der Waals surface area contributed by atoms with Crippen LogP contribution in [0, 0.1) is 5.92 Å². The van der Waals surface area contributed by atoms with Crippen LogP contribution < -0.4 is 5.73 Å². The lowest BCUT2D eigenvalue weighted by molar-refractivity contribution is 0.193. The molecule has 0 aromatic rings. The molecular formula is C22H48BrN. The summed E-state index contributed by atoms with van der Waals surface area (Å²) >= 11 is 0. The van der Waals surface area contributed by atoms with Crippen molar-refractivity contribution in [2.24, 2.45) is 11.7 Å². The van der Waals surface area contributed by atoms with E-state index in [0.717, 1.165) is 5.92 Å². The van der Waals surface area contributed by atoms with Gasteiger partial charge in [0, 0.05) is 5.54 Å². The summed E-state index contributed by atoms with van der Waals surface area (Å²) in [6.45, 7) is 9.22. The molecule has 2 N–H and O–H groups in total. The molecule has 0 saturated carbocycles. The summed E-state index contributed by atoms with van der Waals surface area (Å²) in [5.41, 5.74) is 7.13. The van der Waals surface area contributed by atoms with Gasteiger partial charge in [0.2, 0.25) is 0 Å². The van der Waals surface area contributed by atoms with E-state index in [1.54, 1.807) is 0 Å². The van der Waals surface area contributed by atoms with Gasteiger partial charge in [-0.25, -0.2) is 0 Å². The third kappa shape index (κ3) is 12.8. The second-order valence-electron chi connectivity index (χ2n) is 7.84. The van der Waals surface area contributed by atoms with Gasteiger partial charge in [0.05, 0.1) is 0 Å². The Morgan fingerprint density at radius 1 is 0.583 bits per heavy atom. The van der Waals surface area contributed by atoms with Gasteiger partial charge < -0.3 is 5.73 Å². The van der Waals surface area contributed by atoms with Crippen molar-refractivity contribution in [3.63, 3.8) is 0 Å². The fraction of sp³-hybridized carbons (Fsp3) is 1.00. The van der Waals surface area contributed by atoms with E-state index in [9.17, 15) is 0 Å². The molecule has 0 aliphatic carbocycles. The van der Waals surface area contributed by atoms with Crippen molar-refractivity contribution in [3.05, 3.63) is 0 Å². The van der Waals surface area contributed by atoms with E-state index in [4.69, 9.17) is 5.73 Å². The fourth-order valence-electron chi connectivity index (χ4n) is 3.89. The highest BCUT2D eigenvalue weighted by atomic mass is 79.9. The van der Waals surface area contributed by atoms with Crippen molar-refractivity contribution >= 4 is 17.0 Å². The normalized spacial score (nSPS) is 12.9. The molecule has 1 unspecified atom stereocenters. The topological polar surface area (TPSA) is 26.0 Å². The summed E-state index contributed by atoms with van der Waals surface area (Å²) in [6.07, 6.45) is 21.5. The van der Waals surface area contributed by atoms with Crippen molar-refractivity contribution in [1.82, 2.24) is 0 Å². The lowest BCUT2D eigenvalue weighted by atomic mass is 9.72. The van der Waals surface area contributed by atoms with Crippen molar-refractivity contribution in [2.45, 2.75) is 136 Å². The molecule has 0 rings (SSSR count). The molecule has 0 aromatic heterocycles. The molecule has 0 fully saturated rings. The van der Waals surface area contributed by atoms with E-state index in [0.29, 0.717) is 0 Å². The summed E-state index contributed by atoms with van der Waals surface area (Å²) in [5, 5.41) is 0. The largest absolute Gasteiger partial charge is 0.325 e. The van der Waals surface area contributed by atoms with Gasteiger partial charge in [0.1, 0.15) is 0 Å². The van der Waals surface area contributed by atoms with Crippen LogP contribution in [0.4, 0.5) is 0 Å². The third-order valence-corrected chi connectivity index (χ3v) is 5.62. The number of hydrogen-bond acceptors (Lipinski definition) is 1. The van der Waals surface area contributed by atoms with Crippen molar-refractivity contribution in [3.8, 4) is 0 Å². The van der Waals surface area contributed by atoms with E-state index in [2.05, 4.69) is 27.7 Å². The van der Waals surface area contributed by atoms with Gasteiger partial charge in [-0.1, -0.05) is 105 Å². The predicted octanol–water partition coefficient (Wildman–Crippen LogP) is 8.20. The van der Waals surface area contributed by atoms with Gasteiger partial charge in [-0.2, -0.15) is 0 Å². The zero-order valence-electron chi connectivity index (χ0n) is 17.4. The van der Waals surface area contributed by atoms with E-state index in [-0.39, 0.29) is 22.5 Å². The molecular weight excluding hydrogens is 358 g/mol. The second kappa shape index (κ2) is 18.2. The van der Waals surface area contributed by atoms with Crippen LogP contribution in [0.2, 0.25) is 0 Å². The lowest BCUT2D eigenvalue weighted by Gasteiger charge is -2.39. The van der Waals surface area contributed by atoms with E-state index < -0.39 is 0 Å². The van der Waals surface area contributed by atoms with E-state index in [1.807, 2.05) is 0 Å². The Bertz CT molecular complexity index is 234. The van der Waals surface area contributed by atoms with Gasteiger partial charge in [-0.3, -0.25) is 0 Å². The maximum absolute atomic E-state index is 7.02. The molecule has 0 radical (unpaired) electrons. The average Bonchev–Trinajstić information content (AvgIpc) is 2.56. The maximum Gasteiger partial charge on any atom is 0.0182 e. The Kier molecular flexibility index (Phi) is 20.3. The van der Waals surface area contributed by atoms with Crippen molar-refractivity contribution in [1.29, 1.82) is 0 Å². The van der Waals surface area contributed by atoms with Gasteiger partial charge in [0.15, 0.2) is 0 Å². The highest BCUT2D eigenvalue weighted by molar-refractivity contribution is 8.93. The summed E-state index contributed by atoms with van der Waals surface area (Å²) in [6, 6.07) is 0. The molecule has 0 saturated heterocycles. The highest BCUT2D eigenvalue weighted by Crippen LogP contribution is 2.34. The number of hydrogen-bond donors (Lipinski definition) is 1. The van der Waals surface area contributed by atoms with Crippen LogP contribution in [-0.2, 0) is 0 Å². The van der Waals surface area contributed by atoms with Gasteiger partial charge in [-0.15, -0.1) is 17.0 Å². The maximum atomic E-state index is 7.02. The molecule has 0 heterocycles. The van der Waals surface area contributed by atoms with E-state index >= 15 is 0 Å². The predicted molar refractivity (Wildman–Crippen MR) is 117 cm³/mol. The Balaban J connectivity index is 0. The van der Waals surface area contributed by atoms with Gasteiger partial charge in [-0.05, 0) is 31.6 Å². The minimum absolute atomic E-state index is 0. The second-order valence-corrected chi connectivity index (χ2v) is 7.84. The Morgan fingerprint density at radius 2 is 1.00 bits per heavy atom. The van der Waals surface area contributed by atoms with Crippen LogP contribution in [0.5, 0.6) is 0 Å². The number of halogens is 1. The van der Waals surface area contributed by atoms with Crippen LogP contribution in [0.15, 0.2) is 0 Å². The summed E-state index contributed by atoms with van der Waals surface area (Å²) in [4.78, 5) is 0. The van der Waals surface area contributed by atoms with Crippen LogP contribution in [-0.4, -0.2) is 5.54 Å². The quantitative estimate of drug-likeness (QED) is 0.242. The standard InChI is InChI=1S/C22H47N.BrH/c1-5-9-13-14-15-16-18-21(17-10-6-2)22(23,19-11-7-3)20-12-8-4;/h21H,5-20,23H2,1-4H3;1H. The molecule has 0 bridgehead atoms. The molecule has 0 aliphatic heterocycles. The van der Waals surface area contributed by atoms with Crippen molar-refractivity contribution < 1.29 is 0 Å². The molecule has 1 atom stereocenters. The number of unbranched alkanes of at least 4 members (excludes halogenated alkanes) is 8. The van der Waals surface area contributed by atoms with Crippen molar-refractivity contribution in [2.75, 3.05) is 0 Å². The smallest absolute Gasteiger partial charge is 0.0182 e. The molecule has 0 aliphatic rings. The van der Waals surface area contributed by atoms with Crippen LogP contribution in [0.1, 0.15) is 130 Å². The average molecular weight is 407 g/mol. The van der Waals surface area contributed by atoms with Gasteiger partial charge in [0.25, 0.3) is 0 Å². The minimum atomic E-state index is 0. The van der Waals surface area contributed by atoms with Crippen LogP contribution >= 0.6 is 17.0 Å². The molecule has 0 amide bonds. The van der Waals surface area contributed by atoms with E-state index in [1.165, 1.54) is 103 Å². The first-order valence-corrected chi connectivity index (χ1v) is 10.9. The Hall–Kier alpha value is 0.440. The van der Waals surface area contributed by atoms with Crippen LogP contribution in [0.3, 0.4) is 0 Å². The Labute approximate surface area is 164 Å². The first kappa shape index (κ1) is 26.7. The molecule has 148 valence electrons. The number of nitrogens with two attached hydrogens (primary N) is 1. The molecule has 0 aromatic carbocycles. The molecule has 2 heteroatoms. The Morgan fingerprint density at radius 3 is 1.50 bits per heavy atom. The monoisotopic (exact) mass is 405 g/mol. The third-order valence-electron chi connectivity index (χ3n) is 5.62. The SMILES string of the molecule is Br.CCCCCCCCC(CCCC)C(N)(CCCC)CCCC. The molecule has 0 spiro atoms. The fourth-order valence-corrected chi connectivity index (χ4v) is 3.89. The summed E-state index contributed by atoms with van der Waals surface area (Å²) in [7, 11) is 0. The lowest BCUT2D eigenvalue weighted by Crippen LogP contribution is -2.47. The highest BCUT2D eigenvalue weighted by Gasteiger charge is 2.32. The summed E-state index contributed by atoms with van der Waals surface area (Å²) in [5.74, 6) is 0.756. The molecule has 1 nitrogen and oxygen atoms in total.